The minimum absolute atomic E-state index is 0.215. The molecule has 69 heavy (non-hydrogen) atoms. The van der Waals surface area contributed by atoms with E-state index in [1.54, 1.807) is 41.6 Å². The van der Waals surface area contributed by atoms with Gasteiger partial charge < -0.3 is 59.9 Å². The van der Waals surface area contributed by atoms with Gasteiger partial charge in [-0.05, 0) is 116 Å². The summed E-state index contributed by atoms with van der Waals surface area (Å²) in [4.78, 5) is 31.2. The number of nitrogens with zero attached hydrogens (tertiary/aromatic N) is 2. The molecule has 6 N–H and O–H groups in total. The van der Waals surface area contributed by atoms with Gasteiger partial charge in [-0.15, -0.1) is 0 Å². The van der Waals surface area contributed by atoms with Gasteiger partial charge in [0, 0.05) is 40.3 Å². The molecular weight excluding hydrogens is 992 g/mol. The summed E-state index contributed by atoms with van der Waals surface area (Å²) in [5.74, 6) is 2.36. The van der Waals surface area contributed by atoms with Crippen LogP contribution < -0.4 is 39.9 Å². The van der Waals surface area contributed by atoms with Crippen molar-refractivity contribution in [2.24, 2.45) is 0 Å². The van der Waals surface area contributed by atoms with Crippen LogP contribution in [0.4, 0.5) is 11.4 Å². The molecule has 2 atom stereocenters. The van der Waals surface area contributed by atoms with Crippen molar-refractivity contribution in [1.82, 2.24) is 9.80 Å². The highest BCUT2D eigenvalue weighted by molar-refractivity contribution is 14.1. The number of methoxy groups -OCH3 is 1. The Morgan fingerprint density at radius 2 is 1.03 bits per heavy atom. The molecule has 0 bridgehead atoms. The van der Waals surface area contributed by atoms with E-state index in [2.05, 4.69) is 34.7 Å². The molecule has 5 aromatic rings. The first-order valence-corrected chi connectivity index (χ1v) is 24.8. The van der Waals surface area contributed by atoms with Crippen molar-refractivity contribution in [3.05, 3.63) is 143 Å². The van der Waals surface area contributed by atoms with Crippen LogP contribution in [0.3, 0.4) is 0 Å². The van der Waals surface area contributed by atoms with E-state index in [9.17, 15) is 19.8 Å². The molecular formula is C54H61IN4O10. The number of nitrogens with two attached hydrogens (primary N) is 2. The summed E-state index contributed by atoms with van der Waals surface area (Å²) < 4.78 is 36.4. The summed E-state index contributed by atoms with van der Waals surface area (Å²) in [6.45, 7) is 5.48. The molecule has 0 saturated carbocycles. The van der Waals surface area contributed by atoms with Gasteiger partial charge in [0.15, 0.2) is 23.0 Å². The molecule has 5 aromatic carbocycles. The molecule has 2 amide bonds. The normalized spacial score (nSPS) is 15.4. The monoisotopic (exact) mass is 1050 g/mol. The largest absolute Gasteiger partial charge is 0.494 e. The van der Waals surface area contributed by atoms with E-state index in [0.29, 0.717) is 75.1 Å². The molecule has 0 fully saturated rings. The third-order valence-electron chi connectivity index (χ3n) is 12.0. The number of hydrogen-bond acceptors (Lipinski definition) is 12. The molecule has 7 rings (SSSR count). The van der Waals surface area contributed by atoms with Crippen LogP contribution in [-0.4, -0.2) is 90.7 Å². The van der Waals surface area contributed by atoms with Gasteiger partial charge >= 0.3 is 0 Å². The molecule has 0 spiro atoms. The number of unbranched alkanes of at least 4 members (excludes halogenated alkanes) is 2. The number of hydrogen-bond donors (Lipinski definition) is 4. The van der Waals surface area contributed by atoms with Crippen molar-refractivity contribution in [2.75, 3.05) is 58.2 Å². The van der Waals surface area contributed by atoms with Crippen molar-refractivity contribution < 1.29 is 48.2 Å². The van der Waals surface area contributed by atoms with Gasteiger partial charge in [0.2, 0.25) is 0 Å². The Balaban J connectivity index is 0.973. The second-order valence-corrected chi connectivity index (χ2v) is 17.5. The van der Waals surface area contributed by atoms with Crippen LogP contribution in [0.2, 0.25) is 0 Å². The summed E-state index contributed by atoms with van der Waals surface area (Å²) in [5, 5.41) is 20.6. The SMILES string of the molecule is CCOc1ccc(C2=CN(C(=O)c3cc(OC)c(OCCCCCOc4cc(N)c(C(=O)N5C=C(c6ccc(OCC)cc6)C[C@H]5CO)cc4OCc4ccc(CI)cc4)cc3N)[C@H](CO)C2)cc1. The predicted molar refractivity (Wildman–Crippen MR) is 276 cm³/mol. The van der Waals surface area contributed by atoms with Crippen LogP contribution in [0.15, 0.2) is 109 Å². The number of carbonyl (C=O) groups is 2. The fourth-order valence-corrected chi connectivity index (χ4v) is 8.80. The van der Waals surface area contributed by atoms with Crippen LogP contribution in [0.5, 0.6) is 34.5 Å². The average molecular weight is 1050 g/mol. The van der Waals surface area contributed by atoms with Crippen molar-refractivity contribution in [3.8, 4) is 34.5 Å². The number of aliphatic hydroxyl groups is 2. The summed E-state index contributed by atoms with van der Waals surface area (Å²) >= 11 is 2.33. The van der Waals surface area contributed by atoms with Gasteiger partial charge in [0.1, 0.15) is 18.1 Å². The first-order valence-electron chi connectivity index (χ1n) is 23.3. The van der Waals surface area contributed by atoms with Crippen LogP contribution in [0, 0.1) is 0 Å². The Morgan fingerprint density at radius 3 is 1.46 bits per heavy atom. The van der Waals surface area contributed by atoms with E-state index in [1.165, 1.54) is 17.6 Å². The molecule has 0 unspecified atom stereocenters. The fourth-order valence-electron chi connectivity index (χ4n) is 8.29. The van der Waals surface area contributed by atoms with E-state index < -0.39 is 12.1 Å². The Bertz CT molecular complexity index is 2600. The lowest BCUT2D eigenvalue weighted by atomic mass is 10.0. The van der Waals surface area contributed by atoms with E-state index in [0.717, 1.165) is 50.2 Å². The first-order chi connectivity index (χ1) is 33.6. The summed E-state index contributed by atoms with van der Waals surface area (Å²) in [7, 11) is 1.51. The summed E-state index contributed by atoms with van der Waals surface area (Å²) in [6.07, 6.45) is 6.62. The average Bonchev–Trinajstić information content (AvgIpc) is 4.02. The number of anilines is 2. The van der Waals surface area contributed by atoms with Crippen LogP contribution in [-0.2, 0) is 11.0 Å². The predicted octanol–water partition coefficient (Wildman–Crippen LogP) is 9.29. The Kier molecular flexibility index (Phi) is 17.7. The second kappa shape index (κ2) is 24.2. The highest BCUT2D eigenvalue weighted by Gasteiger charge is 2.33. The van der Waals surface area contributed by atoms with E-state index in [1.807, 2.05) is 74.5 Å². The van der Waals surface area contributed by atoms with Crippen LogP contribution in [0.25, 0.3) is 11.1 Å². The number of halogens is 1. The molecule has 2 aliphatic heterocycles. The summed E-state index contributed by atoms with van der Waals surface area (Å²) in [6, 6.07) is 29.0. The zero-order chi connectivity index (χ0) is 48.9. The van der Waals surface area contributed by atoms with Crippen molar-refractivity contribution in [2.45, 2.75) is 69.1 Å². The first kappa shape index (κ1) is 50.4. The lowest BCUT2D eigenvalue weighted by molar-refractivity contribution is 0.0726. The van der Waals surface area contributed by atoms with E-state index >= 15 is 0 Å². The topological polar surface area (TPSA) is 188 Å². The van der Waals surface area contributed by atoms with Gasteiger partial charge in [-0.3, -0.25) is 9.59 Å². The van der Waals surface area contributed by atoms with Crippen molar-refractivity contribution in [3.63, 3.8) is 0 Å². The quantitative estimate of drug-likeness (QED) is 0.0210. The molecule has 15 heteroatoms. The number of alkyl halides is 1. The standard InChI is InChI=1S/C54H61IN4O10/c1-4-65-43-17-13-37(14-18-43)39-23-41(32-60)58(30-39)53(62)45-25-49(64-3)51(27-47(45)56)67-21-7-6-8-22-68-52-28-48(57)46(26-50(52)69-34-36-11-9-35(29-55)10-12-36)54(63)59-31-40(24-42(59)33-61)38-15-19-44(20-16-38)66-5-2/h9-20,25-28,30-31,41-42,60-61H,4-8,21-24,29,32-34,56-57H2,1-3H3/t41-,42-/m0/s1. The number of carbonyl (C=O) groups excluding carboxylic acids is 2. The lowest BCUT2D eigenvalue weighted by Gasteiger charge is -2.23. The molecule has 0 saturated heterocycles. The lowest BCUT2D eigenvalue weighted by Crippen LogP contribution is -2.35. The number of aliphatic hydroxyl groups excluding tert-OH is 2. The smallest absolute Gasteiger partial charge is 0.260 e. The highest BCUT2D eigenvalue weighted by Crippen LogP contribution is 2.39. The molecule has 2 heterocycles. The molecule has 2 aliphatic rings. The highest BCUT2D eigenvalue weighted by atomic mass is 127. The minimum atomic E-state index is -0.468. The van der Waals surface area contributed by atoms with E-state index in [-0.39, 0.29) is 54.1 Å². The molecule has 0 radical (unpaired) electrons. The second-order valence-electron chi connectivity index (χ2n) is 16.7. The van der Waals surface area contributed by atoms with Crippen LogP contribution >= 0.6 is 22.6 Å². The Morgan fingerprint density at radius 1 is 0.594 bits per heavy atom. The zero-order valence-electron chi connectivity index (χ0n) is 39.3. The van der Waals surface area contributed by atoms with Crippen LogP contribution in [0.1, 0.15) is 88.9 Å². The number of nitrogen functional groups attached to an aromatic ring is 2. The van der Waals surface area contributed by atoms with Gasteiger partial charge in [-0.1, -0.05) is 71.1 Å². The van der Waals surface area contributed by atoms with Gasteiger partial charge in [0.05, 0.1) is 70.0 Å². The van der Waals surface area contributed by atoms with E-state index in [4.69, 9.17) is 39.9 Å². The van der Waals surface area contributed by atoms with Crippen molar-refractivity contribution >= 4 is 56.9 Å². The molecule has 0 aromatic heterocycles. The maximum absolute atomic E-state index is 14.2. The molecule has 364 valence electrons. The fraction of sp³-hybridized carbons (Fsp3) is 0.333. The number of ether oxygens (including phenoxy) is 6. The Hall–Kier alpha value is -6.43. The Labute approximate surface area is 417 Å². The third kappa shape index (κ3) is 12.4. The maximum atomic E-state index is 14.2. The maximum Gasteiger partial charge on any atom is 0.260 e. The zero-order valence-corrected chi connectivity index (χ0v) is 41.5. The number of benzene rings is 5. The number of amides is 2. The van der Waals surface area contributed by atoms with Gasteiger partial charge in [0.25, 0.3) is 11.8 Å². The third-order valence-corrected chi connectivity index (χ3v) is 12.9. The van der Waals surface area contributed by atoms with Crippen molar-refractivity contribution in [1.29, 1.82) is 0 Å². The van der Waals surface area contributed by atoms with Gasteiger partial charge in [-0.2, -0.15) is 0 Å². The minimum Gasteiger partial charge on any atom is -0.494 e. The van der Waals surface area contributed by atoms with Gasteiger partial charge in [-0.25, -0.2) is 0 Å². The number of rotatable bonds is 23. The summed E-state index contributed by atoms with van der Waals surface area (Å²) in [5.41, 5.74) is 19.8. The molecule has 0 aliphatic carbocycles. The molecule has 14 nitrogen and oxygen atoms in total.